The molecule has 0 amide bonds. The van der Waals surface area contributed by atoms with E-state index in [4.69, 9.17) is 19.9 Å². The predicted octanol–water partition coefficient (Wildman–Crippen LogP) is 2.51. The SMILES string of the molecule is COc1ccc([C@@H](N)C2CCC2)c(OC)c1OC. The van der Waals surface area contributed by atoms with Crippen molar-refractivity contribution in [3.05, 3.63) is 17.7 Å². The molecule has 0 aromatic heterocycles. The zero-order valence-electron chi connectivity index (χ0n) is 11.2. The van der Waals surface area contributed by atoms with Gasteiger partial charge in [0.2, 0.25) is 5.75 Å². The molecule has 4 nitrogen and oxygen atoms in total. The molecule has 2 rings (SSSR count). The van der Waals surface area contributed by atoms with Crippen LogP contribution >= 0.6 is 0 Å². The van der Waals surface area contributed by atoms with Crippen molar-refractivity contribution in [2.24, 2.45) is 11.7 Å². The molecule has 0 spiro atoms. The summed E-state index contributed by atoms with van der Waals surface area (Å²) >= 11 is 0. The third-order valence-electron chi connectivity index (χ3n) is 3.75. The van der Waals surface area contributed by atoms with Gasteiger partial charge in [-0.1, -0.05) is 6.42 Å². The van der Waals surface area contributed by atoms with Crippen molar-refractivity contribution in [1.82, 2.24) is 0 Å². The van der Waals surface area contributed by atoms with Crippen LogP contribution in [0.1, 0.15) is 30.9 Å². The normalized spacial score (nSPS) is 16.9. The van der Waals surface area contributed by atoms with Crippen LogP contribution in [0.15, 0.2) is 12.1 Å². The minimum absolute atomic E-state index is 0.00788. The average molecular weight is 251 g/mol. The van der Waals surface area contributed by atoms with E-state index in [0.29, 0.717) is 23.2 Å². The third kappa shape index (κ3) is 2.12. The zero-order valence-corrected chi connectivity index (χ0v) is 11.2. The maximum Gasteiger partial charge on any atom is 0.203 e. The first-order valence-corrected chi connectivity index (χ1v) is 6.27. The predicted molar refractivity (Wildman–Crippen MR) is 70.4 cm³/mol. The highest BCUT2D eigenvalue weighted by Gasteiger charge is 2.29. The molecule has 2 N–H and O–H groups in total. The molecule has 18 heavy (non-hydrogen) atoms. The summed E-state index contributed by atoms with van der Waals surface area (Å²) in [7, 11) is 4.86. The Morgan fingerprint density at radius 3 is 2.17 bits per heavy atom. The molecule has 0 unspecified atom stereocenters. The number of ether oxygens (including phenoxy) is 3. The van der Waals surface area contributed by atoms with Crippen molar-refractivity contribution in [3.63, 3.8) is 0 Å². The van der Waals surface area contributed by atoms with Crippen molar-refractivity contribution in [2.75, 3.05) is 21.3 Å². The number of nitrogens with two attached hydrogens (primary N) is 1. The second-order valence-corrected chi connectivity index (χ2v) is 4.64. The van der Waals surface area contributed by atoms with Gasteiger partial charge in [-0.15, -0.1) is 0 Å². The molecule has 1 aliphatic carbocycles. The number of hydrogen-bond donors (Lipinski definition) is 1. The van der Waals surface area contributed by atoms with E-state index in [1.165, 1.54) is 19.3 Å². The van der Waals surface area contributed by atoms with Gasteiger partial charge in [-0.2, -0.15) is 0 Å². The fourth-order valence-electron chi connectivity index (χ4n) is 2.44. The van der Waals surface area contributed by atoms with E-state index in [1.807, 2.05) is 12.1 Å². The van der Waals surface area contributed by atoms with Crippen molar-refractivity contribution < 1.29 is 14.2 Å². The van der Waals surface area contributed by atoms with E-state index in [0.717, 1.165) is 5.56 Å². The molecule has 1 aromatic carbocycles. The van der Waals surface area contributed by atoms with Gasteiger partial charge in [0.25, 0.3) is 0 Å². The van der Waals surface area contributed by atoms with E-state index in [9.17, 15) is 0 Å². The van der Waals surface area contributed by atoms with Gasteiger partial charge in [0, 0.05) is 11.6 Å². The van der Waals surface area contributed by atoms with Crippen LogP contribution in [-0.2, 0) is 0 Å². The van der Waals surface area contributed by atoms with Crippen molar-refractivity contribution in [1.29, 1.82) is 0 Å². The highest BCUT2D eigenvalue weighted by Crippen LogP contribution is 2.45. The Morgan fingerprint density at radius 1 is 1.06 bits per heavy atom. The Morgan fingerprint density at radius 2 is 1.72 bits per heavy atom. The van der Waals surface area contributed by atoms with E-state index in [-0.39, 0.29) is 6.04 Å². The second kappa shape index (κ2) is 5.48. The summed E-state index contributed by atoms with van der Waals surface area (Å²) in [5.41, 5.74) is 7.32. The standard InChI is InChI=1S/C14H21NO3/c1-16-11-8-7-10(12(15)9-5-4-6-9)13(17-2)14(11)18-3/h7-9,12H,4-6,15H2,1-3H3/t12-/m0/s1. The highest BCUT2D eigenvalue weighted by atomic mass is 16.5. The van der Waals surface area contributed by atoms with Gasteiger partial charge in [0.1, 0.15) is 0 Å². The Labute approximate surface area is 108 Å². The molecule has 0 radical (unpaired) electrons. The number of benzene rings is 1. The van der Waals surface area contributed by atoms with Gasteiger partial charge in [-0.25, -0.2) is 0 Å². The molecule has 1 fully saturated rings. The van der Waals surface area contributed by atoms with Crippen LogP contribution in [0.5, 0.6) is 17.2 Å². The topological polar surface area (TPSA) is 53.7 Å². The smallest absolute Gasteiger partial charge is 0.203 e. The Kier molecular flexibility index (Phi) is 3.97. The first kappa shape index (κ1) is 13.0. The molecular weight excluding hydrogens is 230 g/mol. The van der Waals surface area contributed by atoms with Gasteiger partial charge in [0.15, 0.2) is 11.5 Å². The first-order valence-electron chi connectivity index (χ1n) is 6.27. The summed E-state index contributed by atoms with van der Waals surface area (Å²) in [5.74, 6) is 2.53. The van der Waals surface area contributed by atoms with Gasteiger partial charge >= 0.3 is 0 Å². The summed E-state index contributed by atoms with van der Waals surface area (Å²) < 4.78 is 16.1. The second-order valence-electron chi connectivity index (χ2n) is 4.64. The summed E-state index contributed by atoms with van der Waals surface area (Å²) in [6.45, 7) is 0. The largest absolute Gasteiger partial charge is 0.493 e. The van der Waals surface area contributed by atoms with Gasteiger partial charge in [-0.05, 0) is 30.9 Å². The monoisotopic (exact) mass is 251 g/mol. The lowest BCUT2D eigenvalue weighted by Crippen LogP contribution is -2.27. The van der Waals surface area contributed by atoms with Crippen LogP contribution in [-0.4, -0.2) is 21.3 Å². The molecule has 0 saturated heterocycles. The summed E-state index contributed by atoms with van der Waals surface area (Å²) in [5, 5.41) is 0. The van der Waals surface area contributed by atoms with E-state index < -0.39 is 0 Å². The molecule has 0 heterocycles. The quantitative estimate of drug-likeness (QED) is 0.873. The lowest BCUT2D eigenvalue weighted by molar-refractivity contribution is 0.256. The minimum Gasteiger partial charge on any atom is -0.493 e. The molecule has 1 atom stereocenters. The Hall–Kier alpha value is -1.42. The minimum atomic E-state index is 0.00788. The van der Waals surface area contributed by atoms with Crippen molar-refractivity contribution >= 4 is 0 Å². The fourth-order valence-corrected chi connectivity index (χ4v) is 2.44. The summed E-state index contributed by atoms with van der Waals surface area (Å²) in [6, 6.07) is 3.87. The molecule has 100 valence electrons. The molecule has 4 heteroatoms. The maximum absolute atomic E-state index is 6.32. The number of hydrogen-bond acceptors (Lipinski definition) is 4. The molecule has 0 aliphatic heterocycles. The van der Waals surface area contributed by atoms with Crippen LogP contribution < -0.4 is 19.9 Å². The van der Waals surface area contributed by atoms with Crippen LogP contribution in [0.2, 0.25) is 0 Å². The van der Waals surface area contributed by atoms with E-state index in [1.54, 1.807) is 21.3 Å². The average Bonchev–Trinajstić information content (AvgIpc) is 2.34. The van der Waals surface area contributed by atoms with Gasteiger partial charge in [0.05, 0.1) is 21.3 Å². The highest BCUT2D eigenvalue weighted by molar-refractivity contribution is 5.56. The Balaban J connectivity index is 2.40. The molecule has 1 aliphatic rings. The lowest BCUT2D eigenvalue weighted by atomic mass is 9.77. The van der Waals surface area contributed by atoms with E-state index >= 15 is 0 Å². The van der Waals surface area contributed by atoms with Crippen LogP contribution in [0.4, 0.5) is 0 Å². The Bertz CT molecular complexity index is 416. The maximum atomic E-state index is 6.32. The van der Waals surface area contributed by atoms with E-state index in [2.05, 4.69) is 0 Å². The van der Waals surface area contributed by atoms with Gasteiger partial charge < -0.3 is 19.9 Å². The third-order valence-corrected chi connectivity index (χ3v) is 3.75. The molecule has 1 aromatic rings. The fraction of sp³-hybridized carbons (Fsp3) is 0.571. The van der Waals surface area contributed by atoms with Gasteiger partial charge in [-0.3, -0.25) is 0 Å². The van der Waals surface area contributed by atoms with Crippen molar-refractivity contribution in [3.8, 4) is 17.2 Å². The lowest BCUT2D eigenvalue weighted by Gasteiger charge is -2.32. The van der Waals surface area contributed by atoms with Crippen LogP contribution in [0, 0.1) is 5.92 Å². The number of methoxy groups -OCH3 is 3. The number of rotatable bonds is 5. The van der Waals surface area contributed by atoms with Crippen molar-refractivity contribution in [2.45, 2.75) is 25.3 Å². The van der Waals surface area contributed by atoms with Crippen LogP contribution in [0.3, 0.4) is 0 Å². The van der Waals surface area contributed by atoms with Crippen LogP contribution in [0.25, 0.3) is 0 Å². The molecule has 1 saturated carbocycles. The molecule has 0 bridgehead atoms. The first-order chi connectivity index (χ1) is 8.72. The summed E-state index contributed by atoms with van der Waals surface area (Å²) in [6.07, 6.45) is 3.66. The molecular formula is C14H21NO3. The zero-order chi connectivity index (χ0) is 13.1. The summed E-state index contributed by atoms with van der Waals surface area (Å²) in [4.78, 5) is 0.